The molecule has 4 aromatic rings. The van der Waals surface area contributed by atoms with E-state index in [2.05, 4.69) is 35.0 Å². The van der Waals surface area contributed by atoms with Gasteiger partial charge in [-0.25, -0.2) is 9.36 Å². The lowest BCUT2D eigenvalue weighted by Gasteiger charge is -2.49. The Hall–Kier alpha value is -4.21. The van der Waals surface area contributed by atoms with Crippen LogP contribution < -0.4 is 15.2 Å². The van der Waals surface area contributed by atoms with Crippen LogP contribution in [0, 0.1) is 0 Å². The van der Waals surface area contributed by atoms with E-state index in [1.54, 1.807) is 26.2 Å². The molecule has 0 spiro atoms. The normalized spacial score (nSPS) is 18.8. The smallest absolute Gasteiger partial charge is 0.357 e. The molecule has 18 heteroatoms. The molecule has 0 saturated carbocycles. The molecule has 1 fully saturated rings. The second-order valence-electron chi connectivity index (χ2n) is 10.0. The molecular formula is C27H27BN10O4PS2+. The van der Waals surface area contributed by atoms with Gasteiger partial charge in [-0.3, -0.25) is 29.0 Å². The molecule has 2 aliphatic rings. The van der Waals surface area contributed by atoms with Crippen molar-refractivity contribution in [2.75, 3.05) is 31.8 Å². The van der Waals surface area contributed by atoms with E-state index >= 15 is 0 Å². The van der Waals surface area contributed by atoms with Crippen LogP contribution in [0.3, 0.4) is 0 Å². The van der Waals surface area contributed by atoms with Crippen LogP contribution in [0.1, 0.15) is 11.5 Å². The molecule has 6 heterocycles. The predicted octanol–water partition coefficient (Wildman–Crippen LogP) is 1.09. The number of carbonyl (C=O) groups excluding carboxylic acids is 3. The minimum Gasteiger partial charge on any atom is -0.452 e. The monoisotopic (exact) mass is 661 g/mol. The third kappa shape index (κ3) is 6.07. The van der Waals surface area contributed by atoms with Crippen LogP contribution in [0.25, 0.3) is 11.2 Å². The van der Waals surface area contributed by atoms with Crippen molar-refractivity contribution >= 4 is 78.7 Å². The molecule has 0 aromatic carbocycles. The minimum atomic E-state index is -1.54. The van der Waals surface area contributed by atoms with Crippen LogP contribution in [0.5, 0.6) is 0 Å². The van der Waals surface area contributed by atoms with E-state index in [1.165, 1.54) is 23.7 Å². The van der Waals surface area contributed by atoms with E-state index in [9.17, 15) is 14.4 Å². The van der Waals surface area contributed by atoms with Gasteiger partial charge in [0.15, 0.2) is 19.1 Å². The van der Waals surface area contributed by atoms with Crippen LogP contribution in [0.4, 0.5) is 5.13 Å². The SMILES string of the molecule is [B]P(C)OC(=O)C1=C(C[n+]2cccc3c2ncn3Cc2ccccn2)CSC2C(NC(=O)C(=NC)c3nsc(NC)n3)C(=O)N12. The van der Waals surface area contributed by atoms with Gasteiger partial charge in [0, 0.05) is 51.2 Å². The molecule has 1 saturated heterocycles. The lowest BCUT2D eigenvalue weighted by atomic mass is 10.0. The van der Waals surface area contributed by atoms with Crippen molar-refractivity contribution in [1.82, 2.24) is 34.1 Å². The van der Waals surface area contributed by atoms with Crippen LogP contribution in [0.15, 0.2) is 65.3 Å². The number of β-lactam (4-membered cyclic amide) rings is 1. The molecule has 0 bridgehead atoms. The average Bonchev–Trinajstić information content (AvgIpc) is 3.68. The van der Waals surface area contributed by atoms with Crippen molar-refractivity contribution in [2.45, 2.75) is 24.5 Å². The summed E-state index contributed by atoms with van der Waals surface area (Å²) in [7, 11) is 7.48. The van der Waals surface area contributed by atoms with Crippen molar-refractivity contribution in [3.8, 4) is 0 Å². The molecule has 4 aromatic heterocycles. The number of anilines is 1. The standard InChI is InChI=1S/C27H26BN10O4PS2/c1-29-18(21-34-27(30-2)45-35-21)23(39)33-19-24(40)38-20(26(41)42-43(3)28)15(13-44-25(19)38)11-36-10-6-8-17-22(36)32-14-37(17)12-16-7-4-5-9-31-16/h4-10,14,19,25H,11-13H2,1-3H3,(H-,30,33,34,35,39)/p+1. The number of hydrogen-bond acceptors (Lipinski definition) is 12. The Kier molecular flexibility index (Phi) is 8.92. The molecule has 3 atom stereocenters. The molecule has 2 radical (unpaired) electrons. The zero-order valence-electron chi connectivity index (χ0n) is 24.4. The van der Waals surface area contributed by atoms with Crippen molar-refractivity contribution in [3.05, 3.63) is 71.8 Å². The predicted molar refractivity (Wildman–Crippen MR) is 172 cm³/mol. The summed E-state index contributed by atoms with van der Waals surface area (Å²) in [4.78, 5) is 58.8. The number of nitrogens with zero attached hydrogens (tertiary/aromatic N) is 8. The zero-order chi connectivity index (χ0) is 31.7. The lowest BCUT2D eigenvalue weighted by molar-refractivity contribution is -0.664. The fourth-order valence-corrected chi connectivity index (χ4v) is 7.31. The van der Waals surface area contributed by atoms with Crippen molar-refractivity contribution in [1.29, 1.82) is 0 Å². The zero-order valence-corrected chi connectivity index (χ0v) is 27.0. The molecule has 2 amide bonds. The number of rotatable bonds is 10. The first-order valence-corrected chi connectivity index (χ1v) is 17.3. The van der Waals surface area contributed by atoms with Crippen LogP contribution in [0.2, 0.25) is 0 Å². The summed E-state index contributed by atoms with van der Waals surface area (Å²) < 4.78 is 13.5. The van der Waals surface area contributed by atoms with Crippen LogP contribution >= 0.6 is 31.3 Å². The average molecular weight is 661 g/mol. The van der Waals surface area contributed by atoms with Gasteiger partial charge in [-0.2, -0.15) is 9.36 Å². The largest absolute Gasteiger partial charge is 0.452 e. The molecular weight excluding hydrogens is 634 g/mol. The highest BCUT2D eigenvalue weighted by Gasteiger charge is 2.55. The summed E-state index contributed by atoms with van der Waals surface area (Å²) in [6, 6.07) is 8.75. The molecule has 45 heavy (non-hydrogen) atoms. The Balaban J connectivity index is 1.26. The Labute approximate surface area is 268 Å². The Morgan fingerprint density at radius 2 is 2.11 bits per heavy atom. The maximum absolute atomic E-state index is 13.5. The van der Waals surface area contributed by atoms with E-state index < -0.39 is 37.2 Å². The van der Waals surface area contributed by atoms with Gasteiger partial charge in [0.25, 0.3) is 11.8 Å². The maximum atomic E-state index is 13.5. The van der Waals surface area contributed by atoms with E-state index in [0.29, 0.717) is 28.6 Å². The summed E-state index contributed by atoms with van der Waals surface area (Å²) in [6.45, 7) is 2.43. The van der Waals surface area contributed by atoms with Crippen LogP contribution in [-0.4, -0.2) is 97.8 Å². The fourth-order valence-electron chi connectivity index (χ4n) is 5.11. The minimum absolute atomic E-state index is 0.00223. The number of pyridine rings is 2. The summed E-state index contributed by atoms with van der Waals surface area (Å²) in [5.74, 6) is -1.15. The molecule has 3 unspecified atom stereocenters. The molecule has 14 nitrogen and oxygen atoms in total. The number of aromatic nitrogens is 6. The summed E-state index contributed by atoms with van der Waals surface area (Å²) in [5.41, 5.74) is 3.31. The number of carbonyl (C=O) groups is 3. The second kappa shape index (κ2) is 13.0. The topological polar surface area (TPSA) is 160 Å². The highest BCUT2D eigenvalue weighted by atomic mass is 32.2. The van der Waals surface area contributed by atoms with Gasteiger partial charge in [0.1, 0.15) is 29.2 Å². The molecule has 0 aliphatic carbocycles. The first kappa shape index (κ1) is 30.8. The van der Waals surface area contributed by atoms with Gasteiger partial charge in [-0.15, -0.1) is 11.8 Å². The lowest BCUT2D eigenvalue weighted by Crippen LogP contribution is -2.71. The van der Waals surface area contributed by atoms with Crippen molar-refractivity contribution in [2.24, 2.45) is 4.99 Å². The second-order valence-corrected chi connectivity index (χ2v) is 13.2. The van der Waals surface area contributed by atoms with E-state index in [1.807, 2.05) is 45.7 Å². The summed E-state index contributed by atoms with van der Waals surface area (Å²) >= 11 is 2.53. The Morgan fingerprint density at radius 1 is 1.27 bits per heavy atom. The van der Waals surface area contributed by atoms with E-state index in [-0.39, 0.29) is 23.8 Å². The highest BCUT2D eigenvalue weighted by Crippen LogP contribution is 2.42. The molecule has 2 N–H and O–H groups in total. The number of aliphatic imine (C=N–C) groups is 1. The van der Waals surface area contributed by atoms with Gasteiger partial charge in [-0.05, 0) is 35.9 Å². The number of thioether (sulfide) groups is 1. The van der Waals surface area contributed by atoms with Crippen molar-refractivity contribution < 1.29 is 23.5 Å². The fraction of sp³-hybridized carbons (Fsp3) is 0.296. The Bertz CT molecular complexity index is 1850. The number of fused-ring (bicyclic) bond motifs is 2. The van der Waals surface area contributed by atoms with Gasteiger partial charge in [0.2, 0.25) is 11.5 Å². The third-order valence-corrected chi connectivity index (χ3v) is 9.64. The first-order valence-electron chi connectivity index (χ1n) is 13.7. The van der Waals surface area contributed by atoms with Gasteiger partial charge in [-0.1, -0.05) is 6.07 Å². The van der Waals surface area contributed by atoms with Gasteiger partial charge < -0.3 is 15.2 Å². The number of nitrogens with one attached hydrogen (secondary N) is 2. The Morgan fingerprint density at radius 3 is 2.82 bits per heavy atom. The maximum Gasteiger partial charge on any atom is 0.357 e. The molecule has 228 valence electrons. The number of imidazole rings is 1. The number of amides is 2. The molecule has 6 rings (SSSR count). The first-order chi connectivity index (χ1) is 21.8. The van der Waals surface area contributed by atoms with Gasteiger partial charge >= 0.3 is 11.6 Å². The van der Waals surface area contributed by atoms with E-state index in [4.69, 9.17) is 12.1 Å². The van der Waals surface area contributed by atoms with Crippen molar-refractivity contribution in [3.63, 3.8) is 0 Å². The van der Waals surface area contributed by atoms with Crippen LogP contribution in [-0.2, 0) is 32.0 Å². The quantitative estimate of drug-likeness (QED) is 0.0828. The third-order valence-electron chi connectivity index (χ3n) is 7.11. The van der Waals surface area contributed by atoms with E-state index in [0.717, 1.165) is 22.7 Å². The van der Waals surface area contributed by atoms with Gasteiger partial charge in [0.05, 0.1) is 18.4 Å². The number of hydrogen-bond donors (Lipinski definition) is 2. The highest BCUT2D eigenvalue weighted by molar-refractivity contribution is 8.00. The summed E-state index contributed by atoms with van der Waals surface area (Å²) in [6.07, 6.45) is 5.38. The summed E-state index contributed by atoms with van der Waals surface area (Å²) in [5, 5.41) is 5.63. The molecule has 2 aliphatic heterocycles.